The summed E-state index contributed by atoms with van der Waals surface area (Å²) in [4.78, 5) is 25.9. The molecule has 1 aromatic heterocycles. The highest BCUT2D eigenvalue weighted by Crippen LogP contribution is 2.21. The summed E-state index contributed by atoms with van der Waals surface area (Å²) in [6.45, 7) is 1.38. The number of carboxylic acid groups (broad SMARTS) is 1. The van der Waals surface area contributed by atoms with Crippen molar-refractivity contribution < 1.29 is 14.7 Å². The van der Waals surface area contributed by atoms with Gasteiger partial charge in [0.1, 0.15) is 0 Å². The second-order valence-electron chi connectivity index (χ2n) is 5.03. The summed E-state index contributed by atoms with van der Waals surface area (Å²) in [5.74, 6) is -0.488. The average Bonchev–Trinajstić information content (AvgIpc) is 2.88. The zero-order valence-corrected chi connectivity index (χ0v) is 11.7. The largest absolute Gasteiger partial charge is 0.481 e. The monoisotopic (exact) mass is 281 g/mol. The van der Waals surface area contributed by atoms with Crippen LogP contribution in [0, 0.1) is 5.92 Å². The lowest BCUT2D eigenvalue weighted by atomic mass is 9.94. The number of hydrogen-bond acceptors (Lipinski definition) is 3. The topological polar surface area (TPSA) is 57.6 Å². The molecule has 0 spiro atoms. The van der Waals surface area contributed by atoms with E-state index in [1.807, 2.05) is 22.4 Å². The second kappa shape index (κ2) is 6.70. The van der Waals surface area contributed by atoms with Crippen molar-refractivity contribution in [1.82, 2.24) is 4.90 Å². The molecule has 1 aliphatic rings. The first-order valence-corrected chi connectivity index (χ1v) is 7.55. The van der Waals surface area contributed by atoms with E-state index in [0.29, 0.717) is 13.0 Å². The predicted octanol–water partition coefficient (Wildman–Crippen LogP) is 2.39. The van der Waals surface area contributed by atoms with Gasteiger partial charge in [0.2, 0.25) is 5.91 Å². The van der Waals surface area contributed by atoms with E-state index in [1.165, 1.54) is 4.88 Å². The molecule has 5 heteroatoms. The number of amides is 1. The number of nitrogens with zero attached hydrogens (tertiary/aromatic N) is 1. The molecular weight excluding hydrogens is 262 g/mol. The number of thiophene rings is 1. The van der Waals surface area contributed by atoms with Crippen molar-refractivity contribution >= 4 is 23.2 Å². The van der Waals surface area contributed by atoms with E-state index in [2.05, 4.69) is 0 Å². The standard InChI is InChI=1S/C14H19NO3S/c16-13(6-5-12-4-2-8-19-12)15-7-1-3-11(10-15)9-14(17)18/h2,4,8,11H,1,3,5-7,9-10H2,(H,17,18). The fraction of sp³-hybridized carbons (Fsp3) is 0.571. The molecule has 1 aliphatic heterocycles. The second-order valence-corrected chi connectivity index (χ2v) is 6.06. The number of hydrogen-bond donors (Lipinski definition) is 1. The first kappa shape index (κ1) is 14.1. The first-order chi connectivity index (χ1) is 9.15. The smallest absolute Gasteiger partial charge is 0.303 e. The van der Waals surface area contributed by atoms with Crippen LogP contribution in [0.2, 0.25) is 0 Å². The van der Waals surface area contributed by atoms with Crippen LogP contribution in [0.3, 0.4) is 0 Å². The summed E-state index contributed by atoms with van der Waals surface area (Å²) in [6, 6.07) is 4.04. The minimum absolute atomic E-state index is 0.122. The van der Waals surface area contributed by atoms with E-state index in [4.69, 9.17) is 5.11 Å². The van der Waals surface area contributed by atoms with Crippen LogP contribution in [0.1, 0.15) is 30.6 Å². The van der Waals surface area contributed by atoms with Gasteiger partial charge in [0.05, 0.1) is 0 Å². The van der Waals surface area contributed by atoms with Crippen LogP contribution in [-0.2, 0) is 16.0 Å². The van der Waals surface area contributed by atoms with E-state index < -0.39 is 5.97 Å². The zero-order chi connectivity index (χ0) is 13.7. The molecule has 1 N–H and O–H groups in total. The van der Waals surface area contributed by atoms with Crippen molar-refractivity contribution in [3.63, 3.8) is 0 Å². The SMILES string of the molecule is O=C(O)CC1CCCN(C(=O)CCc2cccs2)C1. The molecule has 2 rings (SSSR count). The third-order valence-corrected chi connectivity index (χ3v) is 4.44. The lowest BCUT2D eigenvalue weighted by molar-refractivity contribution is -0.140. The number of carbonyl (C=O) groups is 2. The third-order valence-electron chi connectivity index (χ3n) is 3.50. The Bertz CT molecular complexity index is 430. The number of carbonyl (C=O) groups excluding carboxylic acids is 1. The molecule has 0 aliphatic carbocycles. The van der Waals surface area contributed by atoms with Crippen LogP contribution in [-0.4, -0.2) is 35.0 Å². The van der Waals surface area contributed by atoms with E-state index in [-0.39, 0.29) is 18.2 Å². The maximum Gasteiger partial charge on any atom is 0.303 e. The predicted molar refractivity (Wildman–Crippen MR) is 74.2 cm³/mol. The molecule has 0 saturated carbocycles. The van der Waals surface area contributed by atoms with Crippen LogP contribution in [0.4, 0.5) is 0 Å². The molecule has 1 unspecified atom stereocenters. The van der Waals surface area contributed by atoms with Gasteiger partial charge < -0.3 is 10.0 Å². The van der Waals surface area contributed by atoms with Crippen LogP contribution in [0.25, 0.3) is 0 Å². The van der Waals surface area contributed by atoms with Gasteiger partial charge in [0.15, 0.2) is 0 Å². The Morgan fingerprint density at radius 2 is 2.32 bits per heavy atom. The number of likely N-dealkylation sites (tertiary alicyclic amines) is 1. The minimum atomic E-state index is -0.766. The number of piperidine rings is 1. The molecule has 0 radical (unpaired) electrons. The van der Waals surface area contributed by atoms with Gasteiger partial charge in [-0.05, 0) is 36.6 Å². The molecule has 1 fully saturated rings. The zero-order valence-electron chi connectivity index (χ0n) is 10.9. The van der Waals surface area contributed by atoms with Gasteiger partial charge in [-0.2, -0.15) is 0 Å². The van der Waals surface area contributed by atoms with Crippen LogP contribution in [0.15, 0.2) is 17.5 Å². The summed E-state index contributed by atoms with van der Waals surface area (Å²) in [5, 5.41) is 10.8. The van der Waals surface area contributed by atoms with Crippen molar-refractivity contribution in [3.05, 3.63) is 22.4 Å². The average molecular weight is 281 g/mol. The highest BCUT2D eigenvalue weighted by molar-refractivity contribution is 7.09. The van der Waals surface area contributed by atoms with Gasteiger partial charge in [0, 0.05) is 30.8 Å². The first-order valence-electron chi connectivity index (χ1n) is 6.67. The molecule has 1 amide bonds. The molecule has 1 atom stereocenters. The number of rotatable bonds is 5. The minimum Gasteiger partial charge on any atom is -0.481 e. The van der Waals surface area contributed by atoms with E-state index >= 15 is 0 Å². The molecule has 4 nitrogen and oxygen atoms in total. The lowest BCUT2D eigenvalue weighted by Gasteiger charge is -2.32. The number of aliphatic carboxylic acids is 1. The summed E-state index contributed by atoms with van der Waals surface area (Å²) in [6.07, 6.45) is 3.33. The van der Waals surface area contributed by atoms with Gasteiger partial charge >= 0.3 is 5.97 Å². The summed E-state index contributed by atoms with van der Waals surface area (Å²) in [5.41, 5.74) is 0. The van der Waals surface area contributed by atoms with Crippen LogP contribution in [0.5, 0.6) is 0 Å². The van der Waals surface area contributed by atoms with E-state index in [1.54, 1.807) is 11.3 Å². The molecule has 0 bridgehead atoms. The normalized spacial score (nSPS) is 19.4. The van der Waals surface area contributed by atoms with Crippen molar-refractivity contribution in [2.24, 2.45) is 5.92 Å². The molecule has 104 valence electrons. The number of carboxylic acids is 1. The van der Waals surface area contributed by atoms with Crippen LogP contribution >= 0.6 is 11.3 Å². The molecular formula is C14H19NO3S. The van der Waals surface area contributed by atoms with Gasteiger partial charge in [-0.1, -0.05) is 6.07 Å². The van der Waals surface area contributed by atoms with Crippen molar-refractivity contribution in [2.45, 2.75) is 32.1 Å². The summed E-state index contributed by atoms with van der Waals surface area (Å²) < 4.78 is 0. The highest BCUT2D eigenvalue weighted by atomic mass is 32.1. The summed E-state index contributed by atoms with van der Waals surface area (Å²) in [7, 11) is 0. The maximum absolute atomic E-state index is 12.1. The maximum atomic E-state index is 12.1. The lowest BCUT2D eigenvalue weighted by Crippen LogP contribution is -2.40. The Balaban J connectivity index is 1.79. The van der Waals surface area contributed by atoms with E-state index in [9.17, 15) is 9.59 Å². The van der Waals surface area contributed by atoms with Gasteiger partial charge in [-0.25, -0.2) is 0 Å². The molecule has 19 heavy (non-hydrogen) atoms. The molecule has 1 saturated heterocycles. The quantitative estimate of drug-likeness (QED) is 0.901. The third kappa shape index (κ3) is 4.35. The van der Waals surface area contributed by atoms with Gasteiger partial charge in [0.25, 0.3) is 0 Å². The van der Waals surface area contributed by atoms with Gasteiger partial charge in [-0.15, -0.1) is 11.3 Å². The number of aryl methyl sites for hydroxylation is 1. The van der Waals surface area contributed by atoms with Crippen LogP contribution < -0.4 is 0 Å². The fourth-order valence-corrected chi connectivity index (χ4v) is 3.26. The Kier molecular flexibility index (Phi) is 4.96. The Morgan fingerprint density at radius 1 is 1.47 bits per heavy atom. The Labute approximate surface area is 117 Å². The Morgan fingerprint density at radius 3 is 3.00 bits per heavy atom. The van der Waals surface area contributed by atoms with Gasteiger partial charge in [-0.3, -0.25) is 9.59 Å². The van der Waals surface area contributed by atoms with Crippen molar-refractivity contribution in [3.8, 4) is 0 Å². The Hall–Kier alpha value is -1.36. The molecule has 0 aromatic carbocycles. The molecule has 1 aromatic rings. The van der Waals surface area contributed by atoms with Crippen molar-refractivity contribution in [1.29, 1.82) is 0 Å². The molecule has 2 heterocycles. The highest BCUT2D eigenvalue weighted by Gasteiger charge is 2.24. The fourth-order valence-electron chi connectivity index (χ4n) is 2.55. The van der Waals surface area contributed by atoms with E-state index in [0.717, 1.165) is 25.8 Å². The van der Waals surface area contributed by atoms with Crippen molar-refractivity contribution in [2.75, 3.05) is 13.1 Å². The summed E-state index contributed by atoms with van der Waals surface area (Å²) >= 11 is 1.67.